The van der Waals surface area contributed by atoms with Gasteiger partial charge in [-0.3, -0.25) is 9.59 Å². The summed E-state index contributed by atoms with van der Waals surface area (Å²) in [7, 11) is 1.68. The van der Waals surface area contributed by atoms with E-state index in [0.717, 1.165) is 45.2 Å². The number of amides is 1. The average molecular weight is 283 g/mol. The minimum atomic E-state index is -0.812. The number of piperidine rings is 1. The van der Waals surface area contributed by atoms with Crippen LogP contribution in [0.15, 0.2) is 0 Å². The Hall–Kier alpha value is -1.10. The van der Waals surface area contributed by atoms with Gasteiger partial charge in [0.1, 0.15) is 0 Å². The van der Waals surface area contributed by atoms with Gasteiger partial charge in [0.15, 0.2) is 0 Å². The van der Waals surface area contributed by atoms with E-state index in [0.29, 0.717) is 18.9 Å². The molecule has 20 heavy (non-hydrogen) atoms. The van der Waals surface area contributed by atoms with Crippen LogP contribution < -0.4 is 0 Å². The molecule has 1 amide bonds. The van der Waals surface area contributed by atoms with E-state index < -0.39 is 11.9 Å². The molecule has 1 N–H and O–H groups in total. The smallest absolute Gasteiger partial charge is 0.307 e. The lowest BCUT2D eigenvalue weighted by Gasteiger charge is -2.37. The molecule has 0 radical (unpaired) electrons. The zero-order valence-corrected chi connectivity index (χ0v) is 12.2. The van der Waals surface area contributed by atoms with Crippen LogP contribution in [0.25, 0.3) is 0 Å². The van der Waals surface area contributed by atoms with Crippen LogP contribution >= 0.6 is 0 Å². The van der Waals surface area contributed by atoms with Gasteiger partial charge in [-0.2, -0.15) is 0 Å². The third kappa shape index (κ3) is 3.51. The van der Waals surface area contributed by atoms with E-state index >= 15 is 0 Å². The van der Waals surface area contributed by atoms with Crippen LogP contribution in [0.3, 0.4) is 0 Å². The zero-order chi connectivity index (χ0) is 14.5. The van der Waals surface area contributed by atoms with Crippen LogP contribution in [0.2, 0.25) is 0 Å². The van der Waals surface area contributed by atoms with E-state index in [-0.39, 0.29) is 11.8 Å². The summed E-state index contributed by atoms with van der Waals surface area (Å²) in [5.41, 5.74) is 0. The summed E-state index contributed by atoms with van der Waals surface area (Å²) in [6, 6.07) is 0. The second kappa shape index (κ2) is 7.07. The molecule has 2 rings (SSSR count). The molecular formula is C15H25NO4. The first kappa shape index (κ1) is 15.3. The predicted octanol–water partition coefficient (Wildman–Crippen LogP) is 1.76. The van der Waals surface area contributed by atoms with Gasteiger partial charge in [-0.05, 0) is 31.6 Å². The van der Waals surface area contributed by atoms with E-state index in [4.69, 9.17) is 4.74 Å². The summed E-state index contributed by atoms with van der Waals surface area (Å²) < 4.78 is 5.18. The van der Waals surface area contributed by atoms with Gasteiger partial charge >= 0.3 is 5.97 Å². The summed E-state index contributed by atoms with van der Waals surface area (Å²) in [6.45, 7) is 2.16. The fraction of sp³-hybridized carbons (Fsp3) is 0.867. The molecule has 5 nitrogen and oxygen atoms in total. The maximum atomic E-state index is 12.6. The summed E-state index contributed by atoms with van der Waals surface area (Å²) in [6.07, 6.45) is 5.33. The highest BCUT2D eigenvalue weighted by molar-refractivity contribution is 5.85. The lowest BCUT2D eigenvalue weighted by molar-refractivity contribution is -0.153. The third-order valence-corrected chi connectivity index (χ3v) is 4.63. The summed E-state index contributed by atoms with van der Waals surface area (Å²) in [4.78, 5) is 25.8. The number of carbonyl (C=O) groups is 2. The number of rotatable bonds is 4. The number of likely N-dealkylation sites (tertiary alicyclic amines) is 1. The molecule has 0 aromatic rings. The molecule has 1 aliphatic carbocycles. The average Bonchev–Trinajstić information content (AvgIpc) is 2.47. The van der Waals surface area contributed by atoms with Gasteiger partial charge in [-0.15, -0.1) is 0 Å². The molecule has 0 bridgehead atoms. The van der Waals surface area contributed by atoms with Crippen molar-refractivity contribution in [3.63, 3.8) is 0 Å². The Bertz CT molecular complexity index is 356. The van der Waals surface area contributed by atoms with Crippen LogP contribution in [-0.4, -0.2) is 48.7 Å². The molecule has 0 aromatic heterocycles. The van der Waals surface area contributed by atoms with Crippen molar-refractivity contribution in [1.29, 1.82) is 0 Å². The number of hydrogen-bond acceptors (Lipinski definition) is 3. The van der Waals surface area contributed by atoms with Gasteiger partial charge in [-0.25, -0.2) is 0 Å². The standard InChI is InChI=1S/C15H25NO4/c1-20-10-11-5-4-8-16(9-11)14(17)12-6-2-3-7-13(12)15(18)19/h11-13H,2-10H2,1H3,(H,18,19)/t11?,12-,13+/m1/s1. The Morgan fingerprint density at radius 1 is 1.15 bits per heavy atom. The van der Waals surface area contributed by atoms with Crippen LogP contribution in [0, 0.1) is 17.8 Å². The topological polar surface area (TPSA) is 66.8 Å². The minimum absolute atomic E-state index is 0.0536. The number of carboxylic acid groups (broad SMARTS) is 1. The lowest BCUT2D eigenvalue weighted by atomic mass is 9.78. The van der Waals surface area contributed by atoms with Gasteiger partial charge in [-0.1, -0.05) is 12.8 Å². The number of carboxylic acids is 1. The molecule has 1 heterocycles. The molecule has 1 saturated heterocycles. The molecule has 2 fully saturated rings. The van der Waals surface area contributed by atoms with Crippen LogP contribution in [0.5, 0.6) is 0 Å². The number of methoxy groups -OCH3 is 1. The molecule has 0 aromatic carbocycles. The predicted molar refractivity (Wildman–Crippen MR) is 74.3 cm³/mol. The molecule has 5 heteroatoms. The normalized spacial score (nSPS) is 31.1. The first-order chi connectivity index (χ1) is 9.63. The first-order valence-corrected chi connectivity index (χ1v) is 7.64. The quantitative estimate of drug-likeness (QED) is 0.853. The fourth-order valence-corrected chi connectivity index (χ4v) is 3.59. The van der Waals surface area contributed by atoms with Crippen molar-refractivity contribution in [3.05, 3.63) is 0 Å². The number of hydrogen-bond donors (Lipinski definition) is 1. The molecule has 2 aliphatic rings. The number of aliphatic carboxylic acids is 1. The highest BCUT2D eigenvalue weighted by Gasteiger charge is 2.38. The molecule has 0 spiro atoms. The molecule has 1 saturated carbocycles. The van der Waals surface area contributed by atoms with Crippen molar-refractivity contribution in [2.45, 2.75) is 38.5 Å². The molecule has 1 aliphatic heterocycles. The van der Waals surface area contributed by atoms with Crippen molar-refractivity contribution in [2.75, 3.05) is 26.8 Å². The largest absolute Gasteiger partial charge is 0.481 e. The van der Waals surface area contributed by atoms with Crippen LogP contribution in [-0.2, 0) is 14.3 Å². The lowest BCUT2D eigenvalue weighted by Crippen LogP contribution is -2.47. The van der Waals surface area contributed by atoms with E-state index in [2.05, 4.69) is 0 Å². The maximum Gasteiger partial charge on any atom is 0.307 e. The Balaban J connectivity index is 1.99. The Kier molecular flexibility index (Phi) is 5.40. The summed E-state index contributed by atoms with van der Waals surface area (Å²) >= 11 is 0. The van der Waals surface area contributed by atoms with Crippen molar-refractivity contribution >= 4 is 11.9 Å². The minimum Gasteiger partial charge on any atom is -0.481 e. The van der Waals surface area contributed by atoms with E-state index in [1.807, 2.05) is 4.90 Å². The van der Waals surface area contributed by atoms with Gasteiger partial charge < -0.3 is 14.7 Å². The van der Waals surface area contributed by atoms with E-state index in [1.165, 1.54) is 0 Å². The van der Waals surface area contributed by atoms with Gasteiger partial charge in [0, 0.05) is 20.2 Å². The zero-order valence-electron chi connectivity index (χ0n) is 12.2. The van der Waals surface area contributed by atoms with Crippen molar-refractivity contribution in [1.82, 2.24) is 4.90 Å². The maximum absolute atomic E-state index is 12.6. The van der Waals surface area contributed by atoms with Gasteiger partial charge in [0.2, 0.25) is 5.91 Å². The summed E-state index contributed by atoms with van der Waals surface area (Å²) in [5.74, 6) is -1.17. The second-order valence-electron chi connectivity index (χ2n) is 6.08. The fourth-order valence-electron chi connectivity index (χ4n) is 3.59. The highest BCUT2D eigenvalue weighted by Crippen LogP contribution is 2.32. The van der Waals surface area contributed by atoms with E-state index in [1.54, 1.807) is 7.11 Å². The Morgan fingerprint density at radius 3 is 2.50 bits per heavy atom. The summed E-state index contributed by atoms with van der Waals surface area (Å²) in [5, 5.41) is 9.30. The monoisotopic (exact) mass is 283 g/mol. The van der Waals surface area contributed by atoms with Crippen molar-refractivity contribution in [2.24, 2.45) is 17.8 Å². The Labute approximate surface area is 120 Å². The van der Waals surface area contributed by atoms with Gasteiger partial charge in [0.05, 0.1) is 18.4 Å². The van der Waals surface area contributed by atoms with Crippen molar-refractivity contribution < 1.29 is 19.4 Å². The third-order valence-electron chi connectivity index (χ3n) is 4.63. The molecular weight excluding hydrogens is 258 g/mol. The van der Waals surface area contributed by atoms with Crippen LogP contribution in [0.4, 0.5) is 0 Å². The first-order valence-electron chi connectivity index (χ1n) is 7.64. The van der Waals surface area contributed by atoms with E-state index in [9.17, 15) is 14.7 Å². The van der Waals surface area contributed by atoms with Gasteiger partial charge in [0.25, 0.3) is 0 Å². The highest BCUT2D eigenvalue weighted by atomic mass is 16.5. The van der Waals surface area contributed by atoms with Crippen molar-refractivity contribution in [3.8, 4) is 0 Å². The van der Waals surface area contributed by atoms with Crippen LogP contribution in [0.1, 0.15) is 38.5 Å². The molecule has 114 valence electrons. The molecule has 3 atom stereocenters. The molecule has 1 unspecified atom stereocenters. The second-order valence-corrected chi connectivity index (χ2v) is 6.08. The number of ether oxygens (including phenoxy) is 1. The Morgan fingerprint density at radius 2 is 1.85 bits per heavy atom. The number of nitrogens with zero attached hydrogens (tertiary/aromatic N) is 1. The SMILES string of the molecule is COCC1CCCN(C(=O)[C@@H]2CCCC[C@@H]2C(=O)O)C1. The number of carbonyl (C=O) groups excluding carboxylic acids is 1.